The number of aryl methyl sites for hydroxylation is 1. The zero-order valence-electron chi connectivity index (χ0n) is 10.5. The summed E-state index contributed by atoms with van der Waals surface area (Å²) in [4.78, 5) is 0. The Labute approximate surface area is 106 Å². The molecular weight excluding hydrogens is 226 g/mol. The van der Waals surface area contributed by atoms with Crippen LogP contribution in [-0.4, -0.2) is 19.9 Å². The third-order valence-electron chi connectivity index (χ3n) is 3.60. The van der Waals surface area contributed by atoms with Crippen molar-refractivity contribution >= 4 is 0 Å². The molecule has 4 heteroatoms. The first-order valence-electron chi connectivity index (χ1n) is 6.44. The van der Waals surface area contributed by atoms with Gasteiger partial charge in [-0.25, -0.2) is 0 Å². The number of phenolic OH excluding ortho intramolecular Hbond substituents is 1. The van der Waals surface area contributed by atoms with Gasteiger partial charge in [-0.3, -0.25) is 0 Å². The van der Waals surface area contributed by atoms with Crippen molar-refractivity contribution in [2.75, 3.05) is 0 Å². The lowest BCUT2D eigenvalue weighted by molar-refractivity contribution is 0.416. The Bertz CT molecular complexity index is 545. The Kier molecular flexibility index (Phi) is 2.78. The van der Waals surface area contributed by atoms with Crippen molar-refractivity contribution in [1.82, 2.24) is 14.8 Å². The molecule has 0 fully saturated rings. The van der Waals surface area contributed by atoms with Gasteiger partial charge in [0, 0.05) is 18.9 Å². The largest absolute Gasteiger partial charge is 0.508 e. The maximum absolute atomic E-state index is 9.28. The second kappa shape index (κ2) is 4.44. The van der Waals surface area contributed by atoms with E-state index in [9.17, 15) is 5.11 Å². The van der Waals surface area contributed by atoms with Gasteiger partial charge in [0.1, 0.15) is 17.4 Å². The highest BCUT2D eigenvalue weighted by Crippen LogP contribution is 2.25. The van der Waals surface area contributed by atoms with E-state index >= 15 is 0 Å². The normalized spacial score (nSPS) is 18.6. The molecule has 94 valence electrons. The summed E-state index contributed by atoms with van der Waals surface area (Å²) < 4.78 is 2.27. The van der Waals surface area contributed by atoms with Crippen molar-refractivity contribution in [3.63, 3.8) is 0 Å². The average molecular weight is 243 g/mol. The summed E-state index contributed by atoms with van der Waals surface area (Å²) in [6, 6.07) is 7.80. The van der Waals surface area contributed by atoms with Gasteiger partial charge < -0.3 is 9.67 Å². The predicted octanol–water partition coefficient (Wildman–Crippen LogP) is 2.47. The van der Waals surface area contributed by atoms with E-state index in [0.717, 1.165) is 30.1 Å². The van der Waals surface area contributed by atoms with Gasteiger partial charge >= 0.3 is 0 Å². The molecular formula is C14H17N3O. The van der Waals surface area contributed by atoms with E-state index < -0.39 is 0 Å². The van der Waals surface area contributed by atoms with Crippen molar-refractivity contribution in [3.05, 3.63) is 41.5 Å². The lowest BCUT2D eigenvalue weighted by Crippen LogP contribution is -2.17. The van der Waals surface area contributed by atoms with Crippen LogP contribution in [0.4, 0.5) is 0 Å². The molecule has 1 atom stereocenters. The quantitative estimate of drug-likeness (QED) is 0.881. The number of nitrogens with zero attached hydrogens (tertiary/aromatic N) is 3. The molecule has 18 heavy (non-hydrogen) atoms. The van der Waals surface area contributed by atoms with E-state index in [-0.39, 0.29) is 0 Å². The molecule has 3 rings (SSSR count). The Balaban J connectivity index is 1.89. The van der Waals surface area contributed by atoms with E-state index in [2.05, 4.69) is 21.7 Å². The molecule has 0 radical (unpaired) electrons. The molecule has 1 aliphatic heterocycles. The van der Waals surface area contributed by atoms with Crippen LogP contribution in [0.15, 0.2) is 24.3 Å². The van der Waals surface area contributed by atoms with Crippen LogP contribution in [0, 0.1) is 0 Å². The van der Waals surface area contributed by atoms with E-state index in [4.69, 9.17) is 0 Å². The van der Waals surface area contributed by atoms with Gasteiger partial charge in [0.05, 0.1) is 0 Å². The molecule has 0 amide bonds. The summed E-state index contributed by atoms with van der Waals surface area (Å²) in [6.07, 6.45) is 4.22. The Morgan fingerprint density at radius 3 is 2.83 bits per heavy atom. The monoisotopic (exact) mass is 243 g/mol. The van der Waals surface area contributed by atoms with E-state index in [1.54, 1.807) is 12.1 Å². The average Bonchev–Trinajstić information content (AvgIpc) is 2.77. The summed E-state index contributed by atoms with van der Waals surface area (Å²) in [5, 5.41) is 17.9. The van der Waals surface area contributed by atoms with Gasteiger partial charge in [0.25, 0.3) is 0 Å². The first-order valence-corrected chi connectivity index (χ1v) is 6.44. The fourth-order valence-corrected chi connectivity index (χ4v) is 2.64. The summed E-state index contributed by atoms with van der Waals surface area (Å²) in [5.41, 5.74) is 1.15. The molecule has 0 saturated carbocycles. The second-order valence-corrected chi connectivity index (χ2v) is 4.99. The highest BCUT2D eigenvalue weighted by atomic mass is 16.3. The molecule has 2 heterocycles. The maximum Gasteiger partial charge on any atom is 0.137 e. The maximum atomic E-state index is 9.28. The van der Waals surface area contributed by atoms with Gasteiger partial charge in [-0.1, -0.05) is 12.1 Å². The van der Waals surface area contributed by atoms with E-state index in [1.165, 1.54) is 12.8 Å². The van der Waals surface area contributed by atoms with Crippen molar-refractivity contribution in [3.8, 4) is 5.75 Å². The SMILES string of the molecule is CC1CCCc2nnc(Cc3ccc(O)cc3)n21. The van der Waals surface area contributed by atoms with Gasteiger partial charge in [-0.05, 0) is 37.5 Å². The number of hydrogen-bond acceptors (Lipinski definition) is 3. The number of hydrogen-bond donors (Lipinski definition) is 1. The second-order valence-electron chi connectivity index (χ2n) is 4.99. The first kappa shape index (κ1) is 11.3. The zero-order valence-corrected chi connectivity index (χ0v) is 10.5. The Morgan fingerprint density at radius 2 is 2.06 bits per heavy atom. The molecule has 0 bridgehead atoms. The number of phenols is 1. The number of rotatable bonds is 2. The molecule has 1 aliphatic rings. The highest BCUT2D eigenvalue weighted by molar-refractivity contribution is 5.28. The first-order chi connectivity index (χ1) is 8.74. The summed E-state index contributed by atoms with van der Waals surface area (Å²) in [7, 11) is 0. The van der Waals surface area contributed by atoms with Gasteiger partial charge in [0.2, 0.25) is 0 Å². The standard InChI is InChI=1S/C14H17N3O/c1-10-3-2-4-13-15-16-14(17(10)13)9-11-5-7-12(18)8-6-11/h5-8,10,18H,2-4,9H2,1H3. The number of aromatic hydroxyl groups is 1. The molecule has 1 N–H and O–H groups in total. The van der Waals surface area contributed by atoms with Crippen LogP contribution in [0.1, 0.15) is 43.0 Å². The van der Waals surface area contributed by atoms with Crippen molar-refractivity contribution in [2.24, 2.45) is 0 Å². The van der Waals surface area contributed by atoms with E-state index in [1.807, 2.05) is 12.1 Å². The lowest BCUT2D eigenvalue weighted by atomic mass is 10.0. The smallest absolute Gasteiger partial charge is 0.137 e. The van der Waals surface area contributed by atoms with Crippen LogP contribution in [0.2, 0.25) is 0 Å². The molecule has 0 aliphatic carbocycles. The summed E-state index contributed by atoms with van der Waals surface area (Å²) in [5.74, 6) is 2.45. The topological polar surface area (TPSA) is 50.9 Å². The zero-order chi connectivity index (χ0) is 12.5. The third kappa shape index (κ3) is 1.98. The minimum atomic E-state index is 0.301. The van der Waals surface area contributed by atoms with Crippen molar-refractivity contribution in [2.45, 2.75) is 38.6 Å². The van der Waals surface area contributed by atoms with E-state index in [0.29, 0.717) is 11.8 Å². The third-order valence-corrected chi connectivity index (χ3v) is 3.60. The van der Waals surface area contributed by atoms with Crippen LogP contribution in [0.25, 0.3) is 0 Å². The minimum Gasteiger partial charge on any atom is -0.508 e. The molecule has 0 saturated heterocycles. The highest BCUT2D eigenvalue weighted by Gasteiger charge is 2.21. The minimum absolute atomic E-state index is 0.301. The van der Waals surface area contributed by atoms with Crippen LogP contribution < -0.4 is 0 Å². The van der Waals surface area contributed by atoms with Gasteiger partial charge in [0.15, 0.2) is 0 Å². The Hall–Kier alpha value is -1.84. The molecule has 2 aromatic rings. The number of aromatic nitrogens is 3. The van der Waals surface area contributed by atoms with Crippen molar-refractivity contribution in [1.29, 1.82) is 0 Å². The molecule has 1 aromatic heterocycles. The van der Waals surface area contributed by atoms with Crippen LogP contribution in [0.5, 0.6) is 5.75 Å². The lowest BCUT2D eigenvalue weighted by Gasteiger charge is -2.22. The number of benzene rings is 1. The molecule has 0 spiro atoms. The van der Waals surface area contributed by atoms with Crippen LogP contribution >= 0.6 is 0 Å². The van der Waals surface area contributed by atoms with Gasteiger partial charge in [-0.15, -0.1) is 10.2 Å². The predicted molar refractivity (Wildman–Crippen MR) is 68.6 cm³/mol. The molecule has 1 aromatic carbocycles. The van der Waals surface area contributed by atoms with Crippen LogP contribution in [0.3, 0.4) is 0 Å². The number of fused-ring (bicyclic) bond motifs is 1. The fourth-order valence-electron chi connectivity index (χ4n) is 2.64. The fraction of sp³-hybridized carbons (Fsp3) is 0.429. The molecule has 4 nitrogen and oxygen atoms in total. The van der Waals surface area contributed by atoms with Crippen LogP contribution in [-0.2, 0) is 12.8 Å². The molecule has 1 unspecified atom stereocenters. The van der Waals surface area contributed by atoms with Crippen molar-refractivity contribution < 1.29 is 5.11 Å². The van der Waals surface area contributed by atoms with Gasteiger partial charge in [-0.2, -0.15) is 0 Å². The Morgan fingerprint density at radius 1 is 1.28 bits per heavy atom. The summed E-state index contributed by atoms with van der Waals surface area (Å²) in [6.45, 7) is 2.23. The summed E-state index contributed by atoms with van der Waals surface area (Å²) >= 11 is 0.